The van der Waals surface area contributed by atoms with Gasteiger partial charge in [0.1, 0.15) is 0 Å². The number of benzene rings is 1. The molecule has 0 aliphatic rings. The molecule has 1 aromatic rings. The van der Waals surface area contributed by atoms with Gasteiger partial charge in [0.2, 0.25) is 5.91 Å². The summed E-state index contributed by atoms with van der Waals surface area (Å²) in [6.45, 7) is 10.2. The highest BCUT2D eigenvalue weighted by molar-refractivity contribution is 14.0. The topological polar surface area (TPSA) is 65.5 Å². The van der Waals surface area contributed by atoms with Crippen LogP contribution in [0.2, 0.25) is 0 Å². The zero-order valence-electron chi connectivity index (χ0n) is 15.2. The summed E-state index contributed by atoms with van der Waals surface area (Å²) >= 11 is 0. The molecule has 24 heavy (non-hydrogen) atoms. The Labute approximate surface area is 163 Å². The van der Waals surface area contributed by atoms with Gasteiger partial charge < -0.3 is 16.0 Å². The number of aryl methyl sites for hydroxylation is 1. The molecular formula is C18H31IN4O. The van der Waals surface area contributed by atoms with Crippen LogP contribution in [0.15, 0.2) is 29.3 Å². The molecule has 0 spiro atoms. The van der Waals surface area contributed by atoms with Gasteiger partial charge in [-0.15, -0.1) is 24.0 Å². The minimum atomic E-state index is 0. The van der Waals surface area contributed by atoms with Crippen molar-refractivity contribution < 1.29 is 4.79 Å². The van der Waals surface area contributed by atoms with Crippen molar-refractivity contribution in [3.63, 3.8) is 0 Å². The van der Waals surface area contributed by atoms with Crippen molar-refractivity contribution in [3.05, 3.63) is 35.4 Å². The first-order chi connectivity index (χ1) is 11.0. The molecule has 0 heterocycles. The molecule has 1 unspecified atom stereocenters. The van der Waals surface area contributed by atoms with E-state index in [9.17, 15) is 4.79 Å². The van der Waals surface area contributed by atoms with E-state index in [1.807, 2.05) is 19.9 Å². The molecule has 5 nitrogen and oxygen atoms in total. The Kier molecular flexibility index (Phi) is 12.3. The number of nitrogens with zero attached hydrogens (tertiary/aromatic N) is 1. The number of carbonyl (C=O) groups is 1. The van der Waals surface area contributed by atoms with Crippen molar-refractivity contribution in [2.24, 2.45) is 4.99 Å². The maximum absolute atomic E-state index is 11.8. The summed E-state index contributed by atoms with van der Waals surface area (Å²) in [6.07, 6.45) is 1.39. The molecule has 6 heteroatoms. The number of aliphatic imine (C=N–C) groups is 1. The first kappa shape index (κ1) is 22.7. The fourth-order valence-corrected chi connectivity index (χ4v) is 2.07. The molecule has 0 aromatic heterocycles. The second-order valence-corrected chi connectivity index (χ2v) is 5.74. The molecular weight excluding hydrogens is 415 g/mol. The van der Waals surface area contributed by atoms with Gasteiger partial charge in [-0.05, 0) is 32.8 Å². The number of hydrogen-bond acceptors (Lipinski definition) is 2. The standard InChI is InChI=1S/C18H30N4O.HI/c1-5-15(4)22-17(23)10-11-20-18(19-6-2)21-13-16-9-7-8-14(3)12-16;/h7-9,12,15H,5-6,10-11,13H2,1-4H3,(H,22,23)(H2,19,20,21);1H. The molecule has 0 aliphatic heterocycles. The van der Waals surface area contributed by atoms with Crippen LogP contribution in [0.3, 0.4) is 0 Å². The Morgan fingerprint density at radius 3 is 2.62 bits per heavy atom. The van der Waals surface area contributed by atoms with Crippen molar-refractivity contribution in [3.8, 4) is 0 Å². The van der Waals surface area contributed by atoms with Crippen LogP contribution in [0.1, 0.15) is 44.7 Å². The summed E-state index contributed by atoms with van der Waals surface area (Å²) in [6, 6.07) is 8.55. The highest BCUT2D eigenvalue weighted by Gasteiger charge is 2.05. The van der Waals surface area contributed by atoms with Crippen LogP contribution in [-0.4, -0.2) is 31.0 Å². The van der Waals surface area contributed by atoms with E-state index >= 15 is 0 Å². The van der Waals surface area contributed by atoms with Gasteiger partial charge in [-0.1, -0.05) is 36.8 Å². The maximum Gasteiger partial charge on any atom is 0.221 e. The third-order valence-corrected chi connectivity index (χ3v) is 3.51. The Morgan fingerprint density at radius 2 is 2.00 bits per heavy atom. The summed E-state index contributed by atoms with van der Waals surface area (Å²) in [5, 5.41) is 9.37. The Hall–Kier alpha value is -1.31. The summed E-state index contributed by atoms with van der Waals surface area (Å²) < 4.78 is 0. The summed E-state index contributed by atoms with van der Waals surface area (Å²) in [7, 11) is 0. The van der Waals surface area contributed by atoms with Crippen LogP contribution in [0.5, 0.6) is 0 Å². The Bertz CT molecular complexity index is 519. The summed E-state index contributed by atoms with van der Waals surface area (Å²) in [4.78, 5) is 16.3. The fourth-order valence-electron chi connectivity index (χ4n) is 2.07. The van der Waals surface area contributed by atoms with Gasteiger partial charge >= 0.3 is 0 Å². The summed E-state index contributed by atoms with van der Waals surface area (Å²) in [5.41, 5.74) is 2.41. The van der Waals surface area contributed by atoms with Crippen molar-refractivity contribution >= 4 is 35.8 Å². The van der Waals surface area contributed by atoms with Crippen molar-refractivity contribution in [2.75, 3.05) is 13.1 Å². The molecule has 0 radical (unpaired) electrons. The van der Waals surface area contributed by atoms with E-state index in [2.05, 4.69) is 53.0 Å². The van der Waals surface area contributed by atoms with Crippen molar-refractivity contribution in [1.29, 1.82) is 0 Å². The van der Waals surface area contributed by atoms with Crippen LogP contribution in [-0.2, 0) is 11.3 Å². The lowest BCUT2D eigenvalue weighted by atomic mass is 10.1. The maximum atomic E-state index is 11.8. The first-order valence-corrected chi connectivity index (χ1v) is 8.42. The largest absolute Gasteiger partial charge is 0.357 e. The molecule has 136 valence electrons. The predicted molar refractivity (Wildman–Crippen MR) is 112 cm³/mol. The second kappa shape index (κ2) is 13.0. The number of hydrogen-bond donors (Lipinski definition) is 3. The Balaban J connectivity index is 0.00000529. The van der Waals surface area contributed by atoms with E-state index in [4.69, 9.17) is 0 Å². The van der Waals surface area contributed by atoms with Crippen molar-refractivity contribution in [1.82, 2.24) is 16.0 Å². The number of rotatable bonds is 8. The number of carbonyl (C=O) groups excluding carboxylic acids is 1. The molecule has 0 aliphatic carbocycles. The predicted octanol–water partition coefficient (Wildman–Crippen LogP) is 2.97. The highest BCUT2D eigenvalue weighted by Crippen LogP contribution is 2.04. The normalized spacial score (nSPS) is 12.1. The molecule has 0 saturated carbocycles. The van der Waals surface area contributed by atoms with Crippen LogP contribution < -0.4 is 16.0 Å². The third-order valence-electron chi connectivity index (χ3n) is 3.51. The lowest BCUT2D eigenvalue weighted by molar-refractivity contribution is -0.121. The van der Waals surface area contributed by atoms with Gasteiger partial charge in [0.05, 0.1) is 6.54 Å². The number of halogens is 1. The van der Waals surface area contributed by atoms with Gasteiger partial charge in [0.15, 0.2) is 5.96 Å². The zero-order valence-corrected chi connectivity index (χ0v) is 17.5. The molecule has 0 bridgehead atoms. The van der Waals surface area contributed by atoms with E-state index in [-0.39, 0.29) is 35.9 Å². The zero-order chi connectivity index (χ0) is 17.1. The lowest BCUT2D eigenvalue weighted by Crippen LogP contribution is -2.40. The van der Waals surface area contributed by atoms with E-state index in [1.165, 1.54) is 11.1 Å². The second-order valence-electron chi connectivity index (χ2n) is 5.74. The van der Waals surface area contributed by atoms with Gasteiger partial charge in [-0.25, -0.2) is 4.99 Å². The molecule has 0 fully saturated rings. The monoisotopic (exact) mass is 446 g/mol. The smallest absolute Gasteiger partial charge is 0.221 e. The summed E-state index contributed by atoms with van der Waals surface area (Å²) in [5.74, 6) is 0.812. The SMILES string of the molecule is CCNC(=NCc1cccc(C)c1)NCCC(=O)NC(C)CC.I. The number of nitrogens with one attached hydrogen (secondary N) is 3. The average Bonchev–Trinajstić information content (AvgIpc) is 2.52. The van der Waals surface area contributed by atoms with Crippen LogP contribution in [0.4, 0.5) is 0 Å². The lowest BCUT2D eigenvalue weighted by Gasteiger charge is -2.13. The molecule has 1 atom stereocenters. The molecule has 1 rings (SSSR count). The fraction of sp³-hybridized carbons (Fsp3) is 0.556. The average molecular weight is 446 g/mol. The highest BCUT2D eigenvalue weighted by atomic mass is 127. The minimum absolute atomic E-state index is 0. The third kappa shape index (κ3) is 9.75. The molecule has 1 aromatic carbocycles. The quantitative estimate of drug-likeness (QED) is 0.327. The van der Waals surface area contributed by atoms with Crippen LogP contribution >= 0.6 is 24.0 Å². The van der Waals surface area contributed by atoms with Crippen molar-refractivity contribution in [2.45, 2.75) is 53.1 Å². The van der Waals surface area contributed by atoms with E-state index in [0.29, 0.717) is 19.5 Å². The van der Waals surface area contributed by atoms with E-state index in [0.717, 1.165) is 18.9 Å². The van der Waals surface area contributed by atoms with E-state index in [1.54, 1.807) is 0 Å². The number of amides is 1. The van der Waals surface area contributed by atoms with E-state index < -0.39 is 0 Å². The first-order valence-electron chi connectivity index (χ1n) is 8.42. The van der Waals surface area contributed by atoms with Crippen LogP contribution in [0.25, 0.3) is 0 Å². The van der Waals surface area contributed by atoms with Gasteiger partial charge in [-0.2, -0.15) is 0 Å². The molecule has 0 saturated heterocycles. The van der Waals surface area contributed by atoms with Crippen LogP contribution in [0, 0.1) is 6.92 Å². The van der Waals surface area contributed by atoms with Gasteiger partial charge in [-0.3, -0.25) is 4.79 Å². The van der Waals surface area contributed by atoms with Gasteiger partial charge in [0.25, 0.3) is 0 Å². The van der Waals surface area contributed by atoms with Gasteiger partial charge in [0, 0.05) is 25.6 Å². The number of guanidine groups is 1. The molecule has 1 amide bonds. The minimum Gasteiger partial charge on any atom is -0.357 e. The molecule has 3 N–H and O–H groups in total. The Morgan fingerprint density at radius 1 is 1.25 bits per heavy atom.